The first-order chi connectivity index (χ1) is 6.72. The van der Waals surface area contributed by atoms with Crippen LogP contribution in [0.4, 0.5) is 5.95 Å². The summed E-state index contributed by atoms with van der Waals surface area (Å²) < 4.78 is 0. The van der Waals surface area contributed by atoms with Crippen LogP contribution in [0.25, 0.3) is 0 Å². The van der Waals surface area contributed by atoms with E-state index >= 15 is 0 Å². The third kappa shape index (κ3) is 3.96. The van der Waals surface area contributed by atoms with Crippen molar-refractivity contribution in [3.63, 3.8) is 0 Å². The standard InChI is InChI=1S/C10H17N3S/c1-8(2)5-9-6-12-10(13-7-9)11-3-4-14/h6-8,14H,3-5H2,1-2H3,(H,11,12,13). The van der Waals surface area contributed by atoms with Crippen molar-refractivity contribution in [3.05, 3.63) is 18.0 Å². The maximum atomic E-state index is 4.21. The zero-order valence-electron chi connectivity index (χ0n) is 8.70. The van der Waals surface area contributed by atoms with Gasteiger partial charge in [-0.1, -0.05) is 13.8 Å². The molecular weight excluding hydrogens is 194 g/mol. The fraction of sp³-hybridized carbons (Fsp3) is 0.600. The van der Waals surface area contributed by atoms with Crippen LogP contribution in [0.2, 0.25) is 0 Å². The fourth-order valence-electron chi connectivity index (χ4n) is 1.19. The summed E-state index contributed by atoms with van der Waals surface area (Å²) in [5, 5.41) is 3.08. The molecule has 1 heterocycles. The summed E-state index contributed by atoms with van der Waals surface area (Å²) in [4.78, 5) is 8.43. The van der Waals surface area contributed by atoms with Gasteiger partial charge in [0.1, 0.15) is 0 Å². The number of aromatic nitrogens is 2. The highest BCUT2D eigenvalue weighted by molar-refractivity contribution is 7.80. The van der Waals surface area contributed by atoms with Crippen molar-refractivity contribution in [1.29, 1.82) is 0 Å². The maximum absolute atomic E-state index is 4.21. The molecule has 0 aliphatic carbocycles. The van der Waals surface area contributed by atoms with Gasteiger partial charge in [-0.15, -0.1) is 0 Å². The largest absolute Gasteiger partial charge is 0.353 e. The van der Waals surface area contributed by atoms with Crippen LogP contribution < -0.4 is 5.32 Å². The molecule has 0 bridgehead atoms. The molecule has 3 nitrogen and oxygen atoms in total. The maximum Gasteiger partial charge on any atom is 0.222 e. The van der Waals surface area contributed by atoms with Crippen molar-refractivity contribution in [3.8, 4) is 0 Å². The topological polar surface area (TPSA) is 37.8 Å². The number of nitrogens with one attached hydrogen (secondary N) is 1. The summed E-state index contributed by atoms with van der Waals surface area (Å²) in [6.45, 7) is 5.17. The van der Waals surface area contributed by atoms with Crippen molar-refractivity contribution < 1.29 is 0 Å². The lowest BCUT2D eigenvalue weighted by Gasteiger charge is -2.05. The van der Waals surface area contributed by atoms with Crippen molar-refractivity contribution in [2.45, 2.75) is 20.3 Å². The SMILES string of the molecule is CC(C)Cc1cnc(NCCS)nc1. The zero-order valence-corrected chi connectivity index (χ0v) is 9.59. The molecule has 1 N–H and O–H groups in total. The highest BCUT2D eigenvalue weighted by Crippen LogP contribution is 2.06. The third-order valence-corrected chi connectivity index (χ3v) is 1.97. The van der Waals surface area contributed by atoms with Gasteiger partial charge in [-0.25, -0.2) is 9.97 Å². The first-order valence-corrected chi connectivity index (χ1v) is 5.51. The number of thiol groups is 1. The Bertz CT molecular complexity index is 259. The summed E-state index contributed by atoms with van der Waals surface area (Å²) >= 11 is 4.10. The second-order valence-corrected chi connectivity index (χ2v) is 4.11. The van der Waals surface area contributed by atoms with Gasteiger partial charge >= 0.3 is 0 Å². The van der Waals surface area contributed by atoms with Gasteiger partial charge in [0, 0.05) is 24.7 Å². The van der Waals surface area contributed by atoms with Gasteiger partial charge in [-0.05, 0) is 17.9 Å². The van der Waals surface area contributed by atoms with Gasteiger partial charge in [0.2, 0.25) is 5.95 Å². The van der Waals surface area contributed by atoms with E-state index in [-0.39, 0.29) is 0 Å². The Morgan fingerprint density at radius 1 is 1.36 bits per heavy atom. The summed E-state index contributed by atoms with van der Waals surface area (Å²) in [6.07, 6.45) is 4.80. The van der Waals surface area contributed by atoms with E-state index < -0.39 is 0 Å². The number of hydrogen-bond donors (Lipinski definition) is 2. The number of hydrogen-bond acceptors (Lipinski definition) is 4. The molecule has 0 fully saturated rings. The van der Waals surface area contributed by atoms with Crippen LogP contribution in [0.5, 0.6) is 0 Å². The van der Waals surface area contributed by atoms with E-state index in [0.717, 1.165) is 18.7 Å². The van der Waals surface area contributed by atoms with E-state index in [1.165, 1.54) is 5.56 Å². The fourth-order valence-corrected chi connectivity index (χ4v) is 1.30. The van der Waals surface area contributed by atoms with Crippen LogP contribution in [-0.2, 0) is 6.42 Å². The van der Waals surface area contributed by atoms with Crippen molar-refractivity contribution in [2.24, 2.45) is 5.92 Å². The first kappa shape index (κ1) is 11.3. The van der Waals surface area contributed by atoms with E-state index in [0.29, 0.717) is 11.9 Å². The molecule has 0 amide bonds. The van der Waals surface area contributed by atoms with Crippen molar-refractivity contribution in [1.82, 2.24) is 9.97 Å². The van der Waals surface area contributed by atoms with Crippen molar-refractivity contribution in [2.75, 3.05) is 17.6 Å². The highest BCUT2D eigenvalue weighted by atomic mass is 32.1. The second-order valence-electron chi connectivity index (χ2n) is 3.66. The van der Waals surface area contributed by atoms with E-state index in [1.54, 1.807) is 0 Å². The smallest absolute Gasteiger partial charge is 0.222 e. The minimum absolute atomic E-state index is 0.648. The number of rotatable bonds is 5. The number of nitrogens with zero attached hydrogens (tertiary/aromatic N) is 2. The van der Waals surface area contributed by atoms with E-state index in [1.807, 2.05) is 12.4 Å². The summed E-state index contributed by atoms with van der Waals surface area (Å²) in [7, 11) is 0. The molecule has 1 rings (SSSR count). The normalized spacial score (nSPS) is 10.6. The van der Waals surface area contributed by atoms with Crippen LogP contribution in [0, 0.1) is 5.92 Å². The van der Waals surface area contributed by atoms with E-state index in [4.69, 9.17) is 0 Å². The van der Waals surface area contributed by atoms with Crippen molar-refractivity contribution >= 4 is 18.6 Å². The van der Waals surface area contributed by atoms with Crippen LogP contribution in [0.1, 0.15) is 19.4 Å². The van der Waals surface area contributed by atoms with Crippen LogP contribution in [0.15, 0.2) is 12.4 Å². The Morgan fingerprint density at radius 2 is 2.00 bits per heavy atom. The Balaban J connectivity index is 2.50. The molecule has 0 unspecified atom stereocenters. The Kier molecular flexibility index (Phi) is 4.73. The summed E-state index contributed by atoms with van der Waals surface area (Å²) in [5.41, 5.74) is 1.19. The predicted molar refractivity (Wildman–Crippen MR) is 62.9 cm³/mol. The highest BCUT2D eigenvalue weighted by Gasteiger charge is 1.99. The summed E-state index contributed by atoms with van der Waals surface area (Å²) in [6, 6.07) is 0. The molecular formula is C10H17N3S. The van der Waals surface area contributed by atoms with Crippen LogP contribution >= 0.6 is 12.6 Å². The molecule has 0 radical (unpaired) electrons. The van der Waals surface area contributed by atoms with E-state index in [9.17, 15) is 0 Å². The molecule has 0 atom stereocenters. The minimum atomic E-state index is 0.648. The van der Waals surface area contributed by atoms with Gasteiger partial charge in [-0.3, -0.25) is 0 Å². The molecule has 0 spiro atoms. The van der Waals surface area contributed by atoms with Gasteiger partial charge in [0.25, 0.3) is 0 Å². The molecule has 1 aromatic heterocycles. The molecule has 1 aromatic rings. The van der Waals surface area contributed by atoms with Gasteiger partial charge in [0.15, 0.2) is 0 Å². The molecule has 0 aromatic carbocycles. The molecule has 4 heteroatoms. The quantitative estimate of drug-likeness (QED) is 0.732. The zero-order chi connectivity index (χ0) is 10.4. The van der Waals surface area contributed by atoms with Crippen LogP contribution in [0.3, 0.4) is 0 Å². The average molecular weight is 211 g/mol. The molecule has 0 saturated heterocycles. The Morgan fingerprint density at radius 3 is 2.50 bits per heavy atom. The average Bonchev–Trinajstić information content (AvgIpc) is 2.16. The monoisotopic (exact) mass is 211 g/mol. The molecule has 0 saturated carbocycles. The molecule has 0 aliphatic heterocycles. The third-order valence-electron chi connectivity index (χ3n) is 1.74. The van der Waals surface area contributed by atoms with Gasteiger partial charge < -0.3 is 5.32 Å². The lowest BCUT2D eigenvalue weighted by Crippen LogP contribution is -2.06. The molecule has 0 aliphatic rings. The first-order valence-electron chi connectivity index (χ1n) is 4.88. The minimum Gasteiger partial charge on any atom is -0.353 e. The predicted octanol–water partition coefficient (Wildman–Crippen LogP) is 2.02. The Labute approximate surface area is 90.8 Å². The Hall–Kier alpha value is -0.770. The van der Waals surface area contributed by atoms with Gasteiger partial charge in [-0.2, -0.15) is 12.6 Å². The summed E-state index contributed by atoms with van der Waals surface area (Å²) in [5.74, 6) is 2.12. The lowest BCUT2D eigenvalue weighted by molar-refractivity contribution is 0.643. The lowest BCUT2D eigenvalue weighted by atomic mass is 10.1. The molecule has 78 valence electrons. The number of anilines is 1. The van der Waals surface area contributed by atoms with Gasteiger partial charge in [0.05, 0.1) is 0 Å². The molecule has 14 heavy (non-hydrogen) atoms. The van der Waals surface area contributed by atoms with E-state index in [2.05, 4.69) is 41.8 Å². The second kappa shape index (κ2) is 5.86. The van der Waals surface area contributed by atoms with Crippen LogP contribution in [-0.4, -0.2) is 22.3 Å².